The number of para-hydroxylation sites is 1. The topological polar surface area (TPSA) is 9.23 Å². The Bertz CT molecular complexity index is 278. The second-order valence-corrected chi connectivity index (χ2v) is 2.25. The van der Waals surface area contributed by atoms with E-state index in [1.165, 1.54) is 5.56 Å². The van der Waals surface area contributed by atoms with Crippen molar-refractivity contribution in [2.24, 2.45) is 0 Å². The molecule has 0 aliphatic carbocycles. The monoisotopic (exact) mass is 285 g/mol. The summed E-state index contributed by atoms with van der Waals surface area (Å²) in [6.45, 7) is 0.705. The maximum absolute atomic E-state index is 5.34. The standard InChI is InChI=1S/C9H8O.Al.Co.Zn.3H/c1-2-6-9-8(4-1)5-3-7-10-9;;;;;;/h1-6H,7H2;;;;;;. The summed E-state index contributed by atoms with van der Waals surface area (Å²) in [7, 11) is 0. The predicted octanol–water partition coefficient (Wildman–Crippen LogP) is 0.903. The molecule has 2 rings (SSSR count). The Morgan fingerprint density at radius 3 is 2.54 bits per heavy atom. The molecular weight excluding hydrogens is 275 g/mol. The molecule has 0 fully saturated rings. The average molecular weight is 286 g/mol. The fourth-order valence-corrected chi connectivity index (χ4v) is 1.06. The van der Waals surface area contributed by atoms with Crippen molar-refractivity contribution >= 4 is 23.4 Å². The molecule has 4 heteroatoms. The van der Waals surface area contributed by atoms with Crippen molar-refractivity contribution in [1.82, 2.24) is 0 Å². The van der Waals surface area contributed by atoms with Gasteiger partial charge < -0.3 is 4.74 Å². The summed E-state index contributed by atoms with van der Waals surface area (Å²) >= 11 is 0. The molecule has 0 unspecified atom stereocenters. The number of hydrogen-bond donors (Lipinski definition) is 0. The van der Waals surface area contributed by atoms with E-state index in [2.05, 4.69) is 6.08 Å². The van der Waals surface area contributed by atoms with Gasteiger partial charge in [0.05, 0.1) is 0 Å². The molecule has 13 heavy (non-hydrogen) atoms. The van der Waals surface area contributed by atoms with Gasteiger partial charge in [-0.1, -0.05) is 24.3 Å². The van der Waals surface area contributed by atoms with Crippen LogP contribution >= 0.6 is 0 Å². The van der Waals surface area contributed by atoms with Gasteiger partial charge in [-0.3, -0.25) is 0 Å². The molecule has 1 aliphatic rings. The van der Waals surface area contributed by atoms with Gasteiger partial charge in [0.15, 0.2) is 17.4 Å². The Balaban J connectivity index is 0. The third-order valence-electron chi connectivity index (χ3n) is 1.55. The number of fused-ring (bicyclic) bond motifs is 1. The molecule has 1 nitrogen and oxygen atoms in total. The van der Waals surface area contributed by atoms with Crippen LogP contribution in [-0.2, 0) is 36.3 Å². The number of rotatable bonds is 0. The summed E-state index contributed by atoms with van der Waals surface area (Å²) in [6, 6.07) is 8.03. The van der Waals surface area contributed by atoms with Crippen molar-refractivity contribution in [1.29, 1.82) is 0 Å². The third kappa shape index (κ3) is 3.98. The van der Waals surface area contributed by atoms with E-state index >= 15 is 0 Å². The zero-order valence-electron chi connectivity index (χ0n) is 6.62. The first-order chi connectivity index (χ1) is 4.97. The Hall–Kier alpha value is 0.422. The predicted molar refractivity (Wildman–Crippen MR) is 50.9 cm³/mol. The normalized spacial score (nSPS) is 10.8. The summed E-state index contributed by atoms with van der Waals surface area (Å²) in [5, 5.41) is 0. The first kappa shape index (κ1) is 15.9. The van der Waals surface area contributed by atoms with Crippen molar-refractivity contribution in [3.63, 3.8) is 0 Å². The first-order valence-corrected chi connectivity index (χ1v) is 3.35. The van der Waals surface area contributed by atoms with Gasteiger partial charge >= 0.3 is 0 Å². The Morgan fingerprint density at radius 2 is 1.85 bits per heavy atom. The van der Waals surface area contributed by atoms with Gasteiger partial charge in [-0.25, -0.2) is 0 Å². The number of ether oxygens (including phenoxy) is 1. The first-order valence-electron chi connectivity index (χ1n) is 3.35. The van der Waals surface area contributed by atoms with Crippen LogP contribution in [0.5, 0.6) is 5.75 Å². The SMILES string of the molecule is C1=Cc2ccccc2OC1.[AlH3].[Co].[Zn]. The largest absolute Gasteiger partial charge is 0.489 e. The van der Waals surface area contributed by atoms with Crippen LogP contribution in [0.1, 0.15) is 5.56 Å². The zero-order valence-corrected chi connectivity index (χ0v) is 10.6. The smallest absolute Gasteiger partial charge is 0.187 e. The van der Waals surface area contributed by atoms with E-state index in [-0.39, 0.29) is 53.6 Å². The van der Waals surface area contributed by atoms with E-state index in [0.29, 0.717) is 6.61 Å². The van der Waals surface area contributed by atoms with Gasteiger partial charge in [0.2, 0.25) is 0 Å². The van der Waals surface area contributed by atoms with Gasteiger partial charge in [0, 0.05) is 41.8 Å². The van der Waals surface area contributed by atoms with E-state index in [1.807, 2.05) is 30.3 Å². The molecule has 0 bridgehead atoms. The molecule has 0 saturated heterocycles. The van der Waals surface area contributed by atoms with Gasteiger partial charge in [-0.05, 0) is 12.1 Å². The van der Waals surface area contributed by atoms with Crippen LogP contribution < -0.4 is 4.74 Å². The van der Waals surface area contributed by atoms with Crippen molar-refractivity contribution in [2.75, 3.05) is 6.61 Å². The minimum absolute atomic E-state index is 0. The molecule has 0 aromatic heterocycles. The van der Waals surface area contributed by atoms with Crippen molar-refractivity contribution in [2.45, 2.75) is 0 Å². The van der Waals surface area contributed by atoms with Crippen molar-refractivity contribution < 1.29 is 41.0 Å². The molecular formula is C9H11AlCoOZn. The fraction of sp³-hybridized carbons (Fsp3) is 0.111. The van der Waals surface area contributed by atoms with E-state index in [4.69, 9.17) is 4.74 Å². The molecule has 1 aromatic rings. The van der Waals surface area contributed by atoms with Gasteiger partial charge in [-0.15, -0.1) is 0 Å². The van der Waals surface area contributed by atoms with Crippen molar-refractivity contribution in [3.8, 4) is 5.75 Å². The molecule has 1 aliphatic heterocycles. The van der Waals surface area contributed by atoms with Crippen LogP contribution in [-0.4, -0.2) is 24.0 Å². The van der Waals surface area contributed by atoms with Crippen LogP contribution in [0, 0.1) is 0 Å². The van der Waals surface area contributed by atoms with E-state index in [9.17, 15) is 0 Å². The molecule has 1 heterocycles. The van der Waals surface area contributed by atoms with E-state index in [1.54, 1.807) is 0 Å². The van der Waals surface area contributed by atoms with E-state index in [0.717, 1.165) is 5.75 Å². The summed E-state index contributed by atoms with van der Waals surface area (Å²) in [5.74, 6) is 0.991. The van der Waals surface area contributed by atoms with Crippen LogP contribution in [0.15, 0.2) is 30.3 Å². The maximum atomic E-state index is 5.34. The second-order valence-electron chi connectivity index (χ2n) is 2.25. The molecule has 0 spiro atoms. The average Bonchev–Trinajstić information content (AvgIpc) is 2.05. The summed E-state index contributed by atoms with van der Waals surface area (Å²) in [6.07, 6.45) is 4.10. The van der Waals surface area contributed by atoms with Crippen LogP contribution in [0.3, 0.4) is 0 Å². The maximum Gasteiger partial charge on any atom is 0.187 e. The Morgan fingerprint density at radius 1 is 1.15 bits per heavy atom. The summed E-state index contributed by atoms with van der Waals surface area (Å²) in [5.41, 5.74) is 1.17. The number of benzene rings is 1. The van der Waals surface area contributed by atoms with Gasteiger partial charge in [0.25, 0.3) is 0 Å². The molecule has 67 valence electrons. The van der Waals surface area contributed by atoms with Crippen LogP contribution in [0.2, 0.25) is 0 Å². The molecule has 1 radical (unpaired) electrons. The minimum Gasteiger partial charge on any atom is -0.489 e. The molecule has 0 N–H and O–H groups in total. The third-order valence-corrected chi connectivity index (χ3v) is 1.55. The van der Waals surface area contributed by atoms with E-state index < -0.39 is 0 Å². The Labute approximate surface area is 112 Å². The summed E-state index contributed by atoms with van der Waals surface area (Å²) < 4.78 is 5.34. The van der Waals surface area contributed by atoms with Crippen LogP contribution in [0.25, 0.3) is 6.08 Å². The van der Waals surface area contributed by atoms with Gasteiger partial charge in [-0.2, -0.15) is 0 Å². The fourth-order valence-electron chi connectivity index (χ4n) is 1.06. The molecule has 0 saturated carbocycles. The molecule has 1 aromatic carbocycles. The number of hydrogen-bond acceptors (Lipinski definition) is 1. The minimum atomic E-state index is 0. The second kappa shape index (κ2) is 7.79. The quantitative estimate of drug-likeness (QED) is 0.644. The van der Waals surface area contributed by atoms with Gasteiger partial charge in [0.1, 0.15) is 12.4 Å². The molecule has 0 atom stereocenters. The molecule has 0 amide bonds. The van der Waals surface area contributed by atoms with Crippen LogP contribution in [0.4, 0.5) is 0 Å². The zero-order chi connectivity index (χ0) is 6.81. The van der Waals surface area contributed by atoms with Crippen molar-refractivity contribution in [3.05, 3.63) is 35.9 Å². The Kier molecular flexibility index (Phi) is 9.52. The summed E-state index contributed by atoms with van der Waals surface area (Å²) in [4.78, 5) is 0.